The quantitative estimate of drug-likeness (QED) is 0.421. The highest BCUT2D eigenvalue weighted by atomic mass is 35.5. The number of amides is 4. The van der Waals surface area contributed by atoms with E-state index in [0.29, 0.717) is 15.7 Å². The number of hydrogen-bond donors (Lipinski definition) is 2. The second kappa shape index (κ2) is 12.5. The zero-order valence-corrected chi connectivity index (χ0v) is 17.9. The van der Waals surface area contributed by atoms with Crippen molar-refractivity contribution in [3.8, 4) is 0 Å². The molecule has 1 aromatic rings. The van der Waals surface area contributed by atoms with Gasteiger partial charge in [-0.25, -0.2) is 14.5 Å². The zero-order chi connectivity index (χ0) is 21.1. The molecule has 0 aromatic heterocycles. The molecule has 0 aliphatic heterocycles. The van der Waals surface area contributed by atoms with Crippen LogP contribution in [0.4, 0.5) is 15.3 Å². The summed E-state index contributed by atoms with van der Waals surface area (Å²) in [6.45, 7) is 5.33. The summed E-state index contributed by atoms with van der Waals surface area (Å²) in [6.07, 6.45) is 3.83. The molecule has 156 valence electrons. The Morgan fingerprint density at radius 3 is 2.25 bits per heavy atom. The number of imide groups is 1. The second-order valence-electron chi connectivity index (χ2n) is 6.56. The lowest BCUT2D eigenvalue weighted by Crippen LogP contribution is -2.50. The molecule has 0 aliphatic carbocycles. The number of carbonyl (C=O) groups excluding carboxylic acids is 3. The number of unbranched alkanes of at least 4 members (excludes halogenated alkanes) is 3. The highest BCUT2D eigenvalue weighted by Crippen LogP contribution is 2.22. The Labute approximate surface area is 175 Å². The van der Waals surface area contributed by atoms with Gasteiger partial charge in [0.1, 0.15) is 6.54 Å². The summed E-state index contributed by atoms with van der Waals surface area (Å²) in [4.78, 5) is 37.8. The highest BCUT2D eigenvalue weighted by Gasteiger charge is 2.25. The first-order valence-corrected chi connectivity index (χ1v) is 9.99. The molecule has 1 aromatic carbocycles. The number of carbonyl (C=O) groups is 3. The third kappa shape index (κ3) is 9.28. The molecule has 0 heterocycles. The van der Waals surface area contributed by atoms with Crippen molar-refractivity contribution in [2.75, 3.05) is 18.5 Å². The first kappa shape index (κ1) is 24.0. The molecule has 0 saturated heterocycles. The fraction of sp³-hybridized carbons (Fsp3) is 0.526. The summed E-state index contributed by atoms with van der Waals surface area (Å²) >= 11 is 11.8. The SMILES string of the molecule is CCCCCCOC(=O)CN(C(=O)Nc1cc(Cl)cc(Cl)c1)C(=O)NC(C)C. The molecule has 0 radical (unpaired) electrons. The molecule has 2 N–H and O–H groups in total. The van der Waals surface area contributed by atoms with E-state index < -0.39 is 24.6 Å². The summed E-state index contributed by atoms with van der Waals surface area (Å²) in [5.41, 5.74) is 0.303. The van der Waals surface area contributed by atoms with Crippen molar-refractivity contribution in [1.82, 2.24) is 10.2 Å². The average molecular weight is 432 g/mol. The predicted molar refractivity (Wildman–Crippen MR) is 111 cm³/mol. The molecule has 0 atom stereocenters. The minimum atomic E-state index is -0.792. The molecule has 1 rings (SSSR count). The van der Waals surface area contributed by atoms with Crippen molar-refractivity contribution in [2.45, 2.75) is 52.5 Å². The van der Waals surface area contributed by atoms with E-state index in [9.17, 15) is 14.4 Å². The Balaban J connectivity index is 2.76. The fourth-order valence-corrected chi connectivity index (χ4v) is 2.79. The van der Waals surface area contributed by atoms with Gasteiger partial charge in [0, 0.05) is 21.8 Å². The number of halogens is 2. The van der Waals surface area contributed by atoms with Gasteiger partial charge in [0.25, 0.3) is 0 Å². The van der Waals surface area contributed by atoms with Crippen LogP contribution in [0.3, 0.4) is 0 Å². The Morgan fingerprint density at radius 2 is 1.68 bits per heavy atom. The lowest BCUT2D eigenvalue weighted by Gasteiger charge is -2.22. The number of esters is 1. The first-order chi connectivity index (χ1) is 13.2. The number of nitrogens with one attached hydrogen (secondary N) is 2. The molecule has 0 saturated carbocycles. The molecule has 28 heavy (non-hydrogen) atoms. The number of ether oxygens (including phenoxy) is 1. The molecule has 0 fully saturated rings. The molecule has 0 spiro atoms. The van der Waals surface area contributed by atoms with Crippen LogP contribution in [0, 0.1) is 0 Å². The monoisotopic (exact) mass is 431 g/mol. The van der Waals surface area contributed by atoms with Gasteiger partial charge in [-0.15, -0.1) is 0 Å². The summed E-state index contributed by atoms with van der Waals surface area (Å²) in [5.74, 6) is -0.658. The molecular weight excluding hydrogens is 405 g/mol. The van der Waals surface area contributed by atoms with Crippen molar-refractivity contribution in [3.05, 3.63) is 28.2 Å². The first-order valence-electron chi connectivity index (χ1n) is 9.23. The Kier molecular flexibility index (Phi) is 10.7. The van der Waals surface area contributed by atoms with Gasteiger partial charge in [-0.2, -0.15) is 0 Å². The maximum Gasteiger partial charge on any atom is 0.330 e. The van der Waals surface area contributed by atoms with Crippen LogP contribution < -0.4 is 10.6 Å². The fourth-order valence-electron chi connectivity index (χ4n) is 2.27. The second-order valence-corrected chi connectivity index (χ2v) is 7.43. The molecule has 4 amide bonds. The van der Waals surface area contributed by atoms with Crippen LogP contribution in [0.15, 0.2) is 18.2 Å². The number of rotatable bonds is 9. The van der Waals surface area contributed by atoms with E-state index in [1.807, 2.05) is 0 Å². The van der Waals surface area contributed by atoms with Gasteiger partial charge in [-0.05, 0) is 38.5 Å². The maximum atomic E-state index is 12.6. The normalized spacial score (nSPS) is 10.5. The Morgan fingerprint density at radius 1 is 1.04 bits per heavy atom. The summed E-state index contributed by atoms with van der Waals surface area (Å²) in [6, 6.07) is 2.76. The molecule has 0 bridgehead atoms. The van der Waals surface area contributed by atoms with Crippen LogP contribution in [0.1, 0.15) is 46.5 Å². The molecule has 0 unspecified atom stereocenters. The van der Waals surface area contributed by atoms with Crippen LogP contribution in [0.2, 0.25) is 10.0 Å². The number of anilines is 1. The zero-order valence-electron chi connectivity index (χ0n) is 16.4. The highest BCUT2D eigenvalue weighted by molar-refractivity contribution is 6.35. The maximum absolute atomic E-state index is 12.6. The van der Waals surface area contributed by atoms with Gasteiger partial charge in [-0.3, -0.25) is 4.79 Å². The topological polar surface area (TPSA) is 87.7 Å². The predicted octanol–water partition coefficient (Wildman–Crippen LogP) is 5.07. The van der Waals surface area contributed by atoms with E-state index in [2.05, 4.69) is 17.6 Å². The van der Waals surface area contributed by atoms with E-state index in [0.717, 1.165) is 30.6 Å². The lowest BCUT2D eigenvalue weighted by molar-refractivity contribution is -0.143. The smallest absolute Gasteiger partial charge is 0.330 e. The minimum Gasteiger partial charge on any atom is -0.464 e. The van der Waals surface area contributed by atoms with Crippen molar-refractivity contribution in [3.63, 3.8) is 0 Å². The van der Waals surface area contributed by atoms with Crippen molar-refractivity contribution >= 4 is 46.9 Å². The number of hydrogen-bond acceptors (Lipinski definition) is 4. The molecule has 9 heteroatoms. The van der Waals surface area contributed by atoms with E-state index in [1.165, 1.54) is 18.2 Å². The van der Waals surface area contributed by atoms with Crippen molar-refractivity contribution in [1.29, 1.82) is 0 Å². The number of urea groups is 2. The molecular formula is C19H27Cl2N3O4. The summed E-state index contributed by atoms with van der Waals surface area (Å²) < 4.78 is 5.13. The van der Waals surface area contributed by atoms with Crippen LogP contribution in [0.5, 0.6) is 0 Å². The number of nitrogens with zero attached hydrogens (tertiary/aromatic N) is 1. The largest absolute Gasteiger partial charge is 0.464 e. The third-order valence-corrected chi connectivity index (χ3v) is 4.00. The average Bonchev–Trinajstić information content (AvgIpc) is 2.57. The van der Waals surface area contributed by atoms with Gasteiger partial charge in [0.05, 0.1) is 6.61 Å². The molecule has 7 nitrogen and oxygen atoms in total. The van der Waals surface area contributed by atoms with Gasteiger partial charge in [0.2, 0.25) is 0 Å². The Bertz CT molecular complexity index is 663. The summed E-state index contributed by atoms with van der Waals surface area (Å²) in [7, 11) is 0. The third-order valence-electron chi connectivity index (χ3n) is 3.56. The van der Waals surface area contributed by atoms with Gasteiger partial charge < -0.3 is 15.4 Å². The standard InChI is InChI=1S/C19H27Cl2N3O4/c1-4-5-6-7-8-28-17(25)12-24(18(26)22-13(2)3)19(27)23-16-10-14(20)9-15(21)11-16/h9-11,13H,4-8,12H2,1-3H3,(H,22,26)(H,23,27). The van der Waals surface area contributed by atoms with Crippen molar-refractivity contribution in [2.24, 2.45) is 0 Å². The van der Waals surface area contributed by atoms with E-state index in [-0.39, 0.29) is 12.6 Å². The Hall–Kier alpha value is -1.99. The van der Waals surface area contributed by atoms with Crippen LogP contribution in [0.25, 0.3) is 0 Å². The van der Waals surface area contributed by atoms with E-state index in [1.54, 1.807) is 13.8 Å². The van der Waals surface area contributed by atoms with E-state index in [4.69, 9.17) is 27.9 Å². The molecule has 0 aliphatic rings. The summed E-state index contributed by atoms with van der Waals surface area (Å²) in [5, 5.41) is 5.76. The van der Waals surface area contributed by atoms with Gasteiger partial charge >= 0.3 is 18.0 Å². The van der Waals surface area contributed by atoms with Gasteiger partial charge in [0.15, 0.2) is 0 Å². The lowest BCUT2D eigenvalue weighted by atomic mass is 10.2. The number of benzene rings is 1. The van der Waals surface area contributed by atoms with Crippen LogP contribution in [-0.2, 0) is 9.53 Å². The van der Waals surface area contributed by atoms with Gasteiger partial charge in [-0.1, -0.05) is 49.4 Å². The van der Waals surface area contributed by atoms with Crippen LogP contribution in [-0.4, -0.2) is 42.1 Å². The minimum absolute atomic E-state index is 0.214. The van der Waals surface area contributed by atoms with Crippen LogP contribution >= 0.6 is 23.2 Å². The van der Waals surface area contributed by atoms with E-state index >= 15 is 0 Å². The van der Waals surface area contributed by atoms with Crippen molar-refractivity contribution < 1.29 is 19.1 Å².